The predicted octanol–water partition coefficient (Wildman–Crippen LogP) is 4.28. The van der Waals surface area contributed by atoms with Crippen LogP contribution in [0.25, 0.3) is 0 Å². The molecule has 3 rings (SSSR count). The van der Waals surface area contributed by atoms with Crippen LogP contribution in [0.15, 0.2) is 78.9 Å². The molecule has 0 amide bonds. The van der Waals surface area contributed by atoms with Crippen molar-refractivity contribution >= 4 is 5.97 Å². The second kappa shape index (κ2) is 11.4. The lowest BCUT2D eigenvalue weighted by atomic mass is 10.2. The zero-order valence-corrected chi connectivity index (χ0v) is 16.8. The summed E-state index contributed by atoms with van der Waals surface area (Å²) >= 11 is 0. The molecule has 0 atom stereocenters. The van der Waals surface area contributed by atoms with Crippen molar-refractivity contribution in [2.75, 3.05) is 26.9 Å². The molecule has 0 saturated heterocycles. The smallest absolute Gasteiger partial charge is 0.344 e. The molecule has 3 aromatic carbocycles. The highest BCUT2D eigenvalue weighted by atomic mass is 16.6. The van der Waals surface area contributed by atoms with Crippen LogP contribution in [0.5, 0.6) is 23.0 Å². The maximum Gasteiger partial charge on any atom is 0.344 e. The van der Waals surface area contributed by atoms with Crippen molar-refractivity contribution in [3.05, 3.63) is 84.4 Å². The predicted molar refractivity (Wildman–Crippen MR) is 112 cm³/mol. The first kappa shape index (κ1) is 21.0. The normalized spacial score (nSPS) is 10.2. The maximum atomic E-state index is 11.8. The molecule has 0 unspecified atom stereocenters. The third-order valence-corrected chi connectivity index (χ3v) is 4.10. The minimum atomic E-state index is -0.460. The van der Waals surface area contributed by atoms with Gasteiger partial charge in [0.1, 0.15) is 42.8 Å². The van der Waals surface area contributed by atoms with Crippen LogP contribution < -0.4 is 18.9 Å². The van der Waals surface area contributed by atoms with Crippen LogP contribution in [-0.4, -0.2) is 32.9 Å². The Kier molecular flexibility index (Phi) is 7.97. The first-order valence-electron chi connectivity index (χ1n) is 9.55. The van der Waals surface area contributed by atoms with Crippen LogP contribution >= 0.6 is 0 Å². The zero-order valence-electron chi connectivity index (χ0n) is 16.8. The minimum absolute atomic E-state index is 0.139. The number of carbonyl (C=O) groups is 1. The molecule has 6 nitrogen and oxygen atoms in total. The number of ether oxygens (including phenoxy) is 5. The molecule has 0 spiro atoms. The number of benzene rings is 3. The molecular formula is C24H24O6. The Labute approximate surface area is 175 Å². The lowest BCUT2D eigenvalue weighted by Gasteiger charge is -2.10. The molecule has 0 N–H and O–H groups in total. The van der Waals surface area contributed by atoms with Gasteiger partial charge in [0.25, 0.3) is 0 Å². The van der Waals surface area contributed by atoms with E-state index in [-0.39, 0.29) is 19.8 Å². The molecule has 0 radical (unpaired) electrons. The van der Waals surface area contributed by atoms with Crippen molar-refractivity contribution in [1.29, 1.82) is 0 Å². The summed E-state index contributed by atoms with van der Waals surface area (Å²) in [6.07, 6.45) is 0. The molecule has 30 heavy (non-hydrogen) atoms. The van der Waals surface area contributed by atoms with Crippen LogP contribution in [0.4, 0.5) is 0 Å². The van der Waals surface area contributed by atoms with E-state index in [4.69, 9.17) is 23.7 Å². The van der Waals surface area contributed by atoms with E-state index in [9.17, 15) is 4.79 Å². The van der Waals surface area contributed by atoms with E-state index in [1.807, 2.05) is 30.3 Å². The van der Waals surface area contributed by atoms with E-state index in [2.05, 4.69) is 0 Å². The van der Waals surface area contributed by atoms with Crippen molar-refractivity contribution in [1.82, 2.24) is 0 Å². The van der Waals surface area contributed by atoms with Crippen molar-refractivity contribution in [2.24, 2.45) is 0 Å². The van der Waals surface area contributed by atoms with Crippen LogP contribution in [0.3, 0.4) is 0 Å². The van der Waals surface area contributed by atoms with Gasteiger partial charge in [-0.15, -0.1) is 0 Å². The topological polar surface area (TPSA) is 63.2 Å². The molecule has 0 fully saturated rings. The SMILES string of the molecule is COc1ccc(OCCOC(=O)COc2ccc(OCc3ccccc3)cc2)cc1. The largest absolute Gasteiger partial charge is 0.497 e. The van der Waals surface area contributed by atoms with E-state index in [1.165, 1.54) is 0 Å². The average Bonchev–Trinajstić information content (AvgIpc) is 2.81. The summed E-state index contributed by atoms with van der Waals surface area (Å²) in [5, 5.41) is 0. The summed E-state index contributed by atoms with van der Waals surface area (Å²) in [4.78, 5) is 11.8. The summed E-state index contributed by atoms with van der Waals surface area (Å²) in [6, 6.07) is 24.2. The van der Waals surface area contributed by atoms with Crippen molar-refractivity contribution in [3.63, 3.8) is 0 Å². The van der Waals surface area contributed by atoms with Crippen molar-refractivity contribution in [3.8, 4) is 23.0 Å². The van der Waals surface area contributed by atoms with E-state index >= 15 is 0 Å². The Balaban J connectivity index is 1.31. The van der Waals surface area contributed by atoms with Gasteiger partial charge in [-0.3, -0.25) is 0 Å². The molecule has 0 aliphatic heterocycles. The molecule has 0 aliphatic rings. The first-order valence-corrected chi connectivity index (χ1v) is 9.55. The third-order valence-electron chi connectivity index (χ3n) is 4.10. The molecule has 0 bridgehead atoms. The molecule has 3 aromatic rings. The molecule has 156 valence electrons. The highest BCUT2D eigenvalue weighted by Crippen LogP contribution is 2.19. The van der Waals surface area contributed by atoms with Gasteiger partial charge in [-0.2, -0.15) is 0 Å². The Morgan fingerprint density at radius 3 is 1.87 bits per heavy atom. The van der Waals surface area contributed by atoms with Crippen LogP contribution in [0, 0.1) is 0 Å². The molecule has 0 aromatic heterocycles. The Hall–Kier alpha value is -3.67. The van der Waals surface area contributed by atoms with Gasteiger partial charge in [-0.1, -0.05) is 30.3 Å². The first-order chi connectivity index (χ1) is 14.7. The zero-order chi connectivity index (χ0) is 21.0. The summed E-state index contributed by atoms with van der Waals surface area (Å²) in [5.41, 5.74) is 1.09. The maximum absolute atomic E-state index is 11.8. The fourth-order valence-electron chi connectivity index (χ4n) is 2.54. The van der Waals surface area contributed by atoms with Crippen molar-refractivity contribution in [2.45, 2.75) is 6.61 Å². The number of hydrogen-bond acceptors (Lipinski definition) is 6. The van der Waals surface area contributed by atoms with E-state index < -0.39 is 5.97 Å². The van der Waals surface area contributed by atoms with Gasteiger partial charge >= 0.3 is 5.97 Å². The summed E-state index contributed by atoms with van der Waals surface area (Å²) in [5.74, 6) is 2.26. The second-order valence-electron chi connectivity index (χ2n) is 6.28. The fraction of sp³-hybridized carbons (Fsp3) is 0.208. The molecule has 6 heteroatoms. The number of rotatable bonds is 11. The van der Waals surface area contributed by atoms with Crippen LogP contribution in [-0.2, 0) is 16.1 Å². The number of carbonyl (C=O) groups excluding carboxylic acids is 1. The van der Waals surface area contributed by atoms with Crippen molar-refractivity contribution < 1.29 is 28.5 Å². The van der Waals surface area contributed by atoms with Gasteiger partial charge in [0.05, 0.1) is 7.11 Å². The molecular weight excluding hydrogens is 384 g/mol. The molecule has 0 saturated carbocycles. The monoisotopic (exact) mass is 408 g/mol. The Morgan fingerprint density at radius 2 is 1.23 bits per heavy atom. The fourth-order valence-corrected chi connectivity index (χ4v) is 2.54. The van der Waals surface area contributed by atoms with E-state index in [0.717, 1.165) is 17.1 Å². The standard InChI is InChI=1S/C24H24O6/c1-26-20-7-9-21(10-8-20)27-15-16-28-24(25)18-30-23-13-11-22(12-14-23)29-17-19-5-3-2-4-6-19/h2-14H,15-18H2,1H3. The summed E-state index contributed by atoms with van der Waals surface area (Å²) in [7, 11) is 1.60. The summed E-state index contributed by atoms with van der Waals surface area (Å²) in [6.45, 7) is 0.713. The summed E-state index contributed by atoms with van der Waals surface area (Å²) < 4.78 is 26.8. The van der Waals surface area contributed by atoms with Gasteiger partial charge in [-0.05, 0) is 54.1 Å². The third kappa shape index (κ3) is 7.05. The Bertz CT molecular complexity index is 891. The highest BCUT2D eigenvalue weighted by molar-refractivity contribution is 5.71. The number of esters is 1. The van der Waals surface area contributed by atoms with Crippen LogP contribution in [0.1, 0.15) is 5.56 Å². The molecule has 0 heterocycles. The lowest BCUT2D eigenvalue weighted by Crippen LogP contribution is -2.18. The van der Waals surface area contributed by atoms with E-state index in [1.54, 1.807) is 55.6 Å². The average molecular weight is 408 g/mol. The number of hydrogen-bond donors (Lipinski definition) is 0. The Morgan fingerprint density at radius 1 is 0.667 bits per heavy atom. The van der Waals surface area contributed by atoms with Gasteiger partial charge in [-0.25, -0.2) is 4.79 Å². The lowest BCUT2D eigenvalue weighted by molar-refractivity contribution is -0.146. The van der Waals surface area contributed by atoms with Crippen LogP contribution in [0.2, 0.25) is 0 Å². The van der Waals surface area contributed by atoms with Gasteiger partial charge in [0.2, 0.25) is 0 Å². The quantitative estimate of drug-likeness (QED) is 0.349. The minimum Gasteiger partial charge on any atom is -0.497 e. The second-order valence-corrected chi connectivity index (χ2v) is 6.28. The van der Waals surface area contributed by atoms with Gasteiger partial charge < -0.3 is 23.7 Å². The van der Waals surface area contributed by atoms with Gasteiger partial charge in [0.15, 0.2) is 6.61 Å². The molecule has 0 aliphatic carbocycles. The van der Waals surface area contributed by atoms with Gasteiger partial charge in [0, 0.05) is 0 Å². The highest BCUT2D eigenvalue weighted by Gasteiger charge is 2.05. The van der Waals surface area contributed by atoms with E-state index in [0.29, 0.717) is 18.1 Å². The number of methoxy groups -OCH3 is 1.